The summed E-state index contributed by atoms with van der Waals surface area (Å²) in [6.45, 7) is 7.51. The van der Waals surface area contributed by atoms with E-state index in [9.17, 15) is 14.0 Å². The molecule has 2 aromatic carbocycles. The average Bonchev–Trinajstić information content (AvgIpc) is 3.28. The number of carbonyl (C=O) groups excluding carboxylic acids is 1. The van der Waals surface area contributed by atoms with Crippen LogP contribution < -0.4 is 5.56 Å². The molecule has 0 N–H and O–H groups in total. The second-order valence-electron chi connectivity index (χ2n) is 8.24. The van der Waals surface area contributed by atoms with E-state index in [1.165, 1.54) is 10.7 Å². The minimum absolute atomic E-state index is 0.0260. The fourth-order valence-electron chi connectivity index (χ4n) is 3.37. The number of fused-ring (bicyclic) bond motifs is 1. The molecule has 0 aliphatic carbocycles. The van der Waals surface area contributed by atoms with Gasteiger partial charge in [-0.25, -0.2) is 13.9 Å². The molecule has 1 atom stereocenters. The van der Waals surface area contributed by atoms with E-state index in [-0.39, 0.29) is 34.7 Å². The van der Waals surface area contributed by atoms with Crippen LogP contribution in [-0.2, 0) is 11.3 Å². The van der Waals surface area contributed by atoms with Crippen LogP contribution in [0.4, 0.5) is 4.39 Å². The van der Waals surface area contributed by atoms with Crippen molar-refractivity contribution < 1.29 is 18.4 Å². The number of esters is 1. The van der Waals surface area contributed by atoms with Crippen molar-refractivity contribution in [1.29, 1.82) is 0 Å². The molecule has 0 spiro atoms. The van der Waals surface area contributed by atoms with Gasteiger partial charge in [0.1, 0.15) is 5.82 Å². The maximum atomic E-state index is 13.9. The molecule has 1 unspecified atom stereocenters. The Morgan fingerprint density at radius 3 is 2.58 bits per heavy atom. The predicted molar refractivity (Wildman–Crippen MR) is 119 cm³/mol. The molecule has 170 valence electrons. The van der Waals surface area contributed by atoms with Crippen molar-refractivity contribution in [3.63, 3.8) is 0 Å². The first-order valence-electron chi connectivity index (χ1n) is 10.6. The minimum Gasteiger partial charge on any atom is -0.448 e. The van der Waals surface area contributed by atoms with Crippen LogP contribution in [-0.4, -0.2) is 25.9 Å². The smallest absolute Gasteiger partial charge is 0.360 e. The second-order valence-corrected chi connectivity index (χ2v) is 8.24. The first-order chi connectivity index (χ1) is 15.7. The maximum Gasteiger partial charge on any atom is 0.360 e. The fourth-order valence-corrected chi connectivity index (χ4v) is 3.37. The van der Waals surface area contributed by atoms with Crippen molar-refractivity contribution in [2.24, 2.45) is 5.92 Å². The summed E-state index contributed by atoms with van der Waals surface area (Å²) in [5.74, 6) is -0.715. The third-order valence-electron chi connectivity index (χ3n) is 5.10. The topological polar surface area (TPSA) is 100 Å². The average molecular weight is 450 g/mol. The summed E-state index contributed by atoms with van der Waals surface area (Å²) in [6, 6.07) is 11.4. The standard InChI is InChI=1S/C24H23FN4O4/c1-13(2)12-29-23(30)18-8-6-5-7-17(18)20(27-29)24(31)32-15(4)22-26-21(28-33-22)16-10-9-14(3)19(25)11-16/h5-11,13,15H,12H2,1-4H3. The maximum absolute atomic E-state index is 13.9. The summed E-state index contributed by atoms with van der Waals surface area (Å²) in [6.07, 6.45) is -0.889. The molecule has 4 rings (SSSR count). The van der Waals surface area contributed by atoms with Gasteiger partial charge < -0.3 is 9.26 Å². The first kappa shape index (κ1) is 22.3. The van der Waals surface area contributed by atoms with Gasteiger partial charge in [-0.1, -0.05) is 49.3 Å². The predicted octanol–water partition coefficient (Wildman–Crippen LogP) is 4.47. The van der Waals surface area contributed by atoms with Crippen LogP contribution in [0.5, 0.6) is 0 Å². The van der Waals surface area contributed by atoms with Gasteiger partial charge in [0, 0.05) is 17.5 Å². The van der Waals surface area contributed by atoms with Gasteiger partial charge >= 0.3 is 5.97 Å². The van der Waals surface area contributed by atoms with Crippen LogP contribution in [0.1, 0.15) is 48.8 Å². The van der Waals surface area contributed by atoms with E-state index in [1.54, 1.807) is 50.2 Å². The number of rotatable bonds is 6. The minimum atomic E-state index is -0.889. The number of carbonyl (C=O) groups is 1. The summed E-state index contributed by atoms with van der Waals surface area (Å²) in [5.41, 5.74) is 0.706. The van der Waals surface area contributed by atoms with Gasteiger partial charge in [-0.2, -0.15) is 10.1 Å². The summed E-state index contributed by atoms with van der Waals surface area (Å²) >= 11 is 0. The summed E-state index contributed by atoms with van der Waals surface area (Å²) < 4.78 is 25.9. The molecular formula is C24H23FN4O4. The Bertz CT molecular complexity index is 1390. The van der Waals surface area contributed by atoms with Crippen LogP contribution >= 0.6 is 0 Å². The highest BCUT2D eigenvalue weighted by molar-refractivity contribution is 6.02. The lowest BCUT2D eigenvalue weighted by molar-refractivity contribution is 0.0258. The molecule has 0 bridgehead atoms. The molecule has 8 nitrogen and oxygen atoms in total. The second kappa shape index (κ2) is 8.93. The molecule has 9 heteroatoms. The van der Waals surface area contributed by atoms with Gasteiger partial charge in [0.2, 0.25) is 5.82 Å². The van der Waals surface area contributed by atoms with Crippen LogP contribution in [0.25, 0.3) is 22.2 Å². The zero-order valence-corrected chi connectivity index (χ0v) is 18.7. The van der Waals surface area contributed by atoms with Gasteiger partial charge in [-0.05, 0) is 37.5 Å². The zero-order chi connectivity index (χ0) is 23.7. The van der Waals surface area contributed by atoms with Gasteiger partial charge in [0.05, 0.1) is 5.39 Å². The Hall–Kier alpha value is -3.88. The first-order valence-corrected chi connectivity index (χ1v) is 10.6. The third kappa shape index (κ3) is 4.52. The molecule has 0 radical (unpaired) electrons. The Kier molecular flexibility index (Phi) is 6.04. The zero-order valence-electron chi connectivity index (χ0n) is 18.7. The third-order valence-corrected chi connectivity index (χ3v) is 5.10. The summed E-state index contributed by atoms with van der Waals surface area (Å²) in [4.78, 5) is 30.0. The Balaban J connectivity index is 1.62. The lowest BCUT2D eigenvalue weighted by Gasteiger charge is -2.13. The molecule has 0 aliphatic heterocycles. The number of ether oxygens (including phenoxy) is 1. The molecular weight excluding hydrogens is 427 g/mol. The number of hydrogen-bond donors (Lipinski definition) is 0. The van der Waals surface area contributed by atoms with Crippen LogP contribution in [0.2, 0.25) is 0 Å². The summed E-state index contributed by atoms with van der Waals surface area (Å²) in [5, 5.41) is 8.93. The number of hydrogen-bond acceptors (Lipinski definition) is 7. The van der Waals surface area contributed by atoms with Crippen molar-refractivity contribution in [3.8, 4) is 11.4 Å². The number of benzene rings is 2. The Labute approximate surface area is 189 Å². The molecule has 0 saturated heterocycles. The van der Waals surface area contributed by atoms with E-state index in [2.05, 4.69) is 15.2 Å². The number of aryl methyl sites for hydroxylation is 1. The molecule has 0 fully saturated rings. The number of halogens is 1. The SMILES string of the molecule is Cc1ccc(-c2noc(C(C)OC(=O)c3nn(CC(C)C)c(=O)c4ccccc34)n2)cc1F. The van der Waals surface area contributed by atoms with Crippen LogP contribution in [0.15, 0.2) is 51.8 Å². The van der Waals surface area contributed by atoms with E-state index in [1.807, 2.05) is 13.8 Å². The monoisotopic (exact) mass is 450 g/mol. The van der Waals surface area contributed by atoms with Crippen molar-refractivity contribution in [1.82, 2.24) is 19.9 Å². The van der Waals surface area contributed by atoms with E-state index in [0.717, 1.165) is 0 Å². The lowest BCUT2D eigenvalue weighted by atomic mass is 10.1. The van der Waals surface area contributed by atoms with Crippen molar-refractivity contribution in [2.75, 3.05) is 0 Å². The largest absolute Gasteiger partial charge is 0.448 e. The Morgan fingerprint density at radius 1 is 1.15 bits per heavy atom. The van der Waals surface area contributed by atoms with Crippen LogP contribution in [0, 0.1) is 18.7 Å². The number of aromatic nitrogens is 4. The van der Waals surface area contributed by atoms with Crippen molar-refractivity contribution in [3.05, 3.63) is 75.8 Å². The van der Waals surface area contributed by atoms with Gasteiger partial charge in [0.25, 0.3) is 11.4 Å². The molecule has 2 heterocycles. The van der Waals surface area contributed by atoms with Crippen molar-refractivity contribution >= 4 is 16.7 Å². The van der Waals surface area contributed by atoms with Gasteiger partial charge in [-0.3, -0.25) is 4.79 Å². The fraction of sp³-hybridized carbons (Fsp3) is 0.292. The highest BCUT2D eigenvalue weighted by Gasteiger charge is 2.24. The highest BCUT2D eigenvalue weighted by atomic mass is 19.1. The van der Waals surface area contributed by atoms with E-state index < -0.39 is 12.1 Å². The highest BCUT2D eigenvalue weighted by Crippen LogP contribution is 2.24. The summed E-state index contributed by atoms with van der Waals surface area (Å²) in [7, 11) is 0. The molecule has 2 aromatic heterocycles. The molecule has 0 saturated carbocycles. The van der Waals surface area contributed by atoms with E-state index in [0.29, 0.717) is 28.4 Å². The van der Waals surface area contributed by atoms with Gasteiger partial charge in [0.15, 0.2) is 11.8 Å². The van der Waals surface area contributed by atoms with Gasteiger partial charge in [-0.15, -0.1) is 0 Å². The quantitative estimate of drug-likeness (QED) is 0.400. The van der Waals surface area contributed by atoms with Crippen LogP contribution in [0.3, 0.4) is 0 Å². The van der Waals surface area contributed by atoms with E-state index in [4.69, 9.17) is 9.26 Å². The Morgan fingerprint density at radius 2 is 1.88 bits per heavy atom. The molecule has 4 aromatic rings. The molecule has 33 heavy (non-hydrogen) atoms. The molecule has 0 amide bonds. The lowest BCUT2D eigenvalue weighted by Crippen LogP contribution is -2.28. The number of nitrogens with zero attached hydrogens (tertiary/aromatic N) is 4. The normalized spacial score (nSPS) is 12.3. The van der Waals surface area contributed by atoms with E-state index >= 15 is 0 Å². The van der Waals surface area contributed by atoms with Crippen molar-refractivity contribution in [2.45, 2.75) is 40.3 Å². The molecule has 0 aliphatic rings.